The monoisotopic (exact) mass is 480 g/mol. The first kappa shape index (κ1) is 26.3. The number of benzene rings is 2. The number of ether oxygens (including phenoxy) is 2. The number of nitrogens with zero attached hydrogens (tertiary/aromatic N) is 2. The maximum atomic E-state index is 13.2. The highest BCUT2D eigenvalue weighted by Gasteiger charge is 2.46. The Labute approximate surface area is 207 Å². The molecule has 0 bridgehead atoms. The molecule has 1 aliphatic rings. The Hall–Kier alpha value is -3.32. The van der Waals surface area contributed by atoms with Gasteiger partial charge in [-0.2, -0.15) is 0 Å². The van der Waals surface area contributed by atoms with Gasteiger partial charge in [-0.25, -0.2) is 0 Å². The van der Waals surface area contributed by atoms with Crippen molar-refractivity contribution < 1.29 is 24.2 Å². The van der Waals surface area contributed by atoms with E-state index in [4.69, 9.17) is 9.47 Å². The standard InChI is InChI=1S/C28H36N2O5/c1-6-17-35-22-14-13-21(18-23(22)34-5)25-24(26(31)20-11-9-19(4)10-12-20)27(32)28(33)30(25)16-15-29(7-2)8-3/h9-14,18,25,31H,6-8,15-17H2,1-5H3/b26-24-. The van der Waals surface area contributed by atoms with Crippen LogP contribution >= 0.6 is 0 Å². The van der Waals surface area contributed by atoms with Crippen LogP contribution in [0.5, 0.6) is 11.5 Å². The number of amides is 1. The summed E-state index contributed by atoms with van der Waals surface area (Å²) >= 11 is 0. The molecule has 3 rings (SSSR count). The maximum Gasteiger partial charge on any atom is 0.295 e. The van der Waals surface area contributed by atoms with Gasteiger partial charge in [-0.15, -0.1) is 0 Å². The van der Waals surface area contributed by atoms with E-state index in [-0.39, 0.29) is 11.3 Å². The molecule has 1 saturated heterocycles. The molecule has 7 heteroatoms. The highest BCUT2D eigenvalue weighted by atomic mass is 16.5. The molecule has 0 saturated carbocycles. The first-order valence-corrected chi connectivity index (χ1v) is 12.2. The second-order valence-electron chi connectivity index (χ2n) is 8.64. The van der Waals surface area contributed by atoms with Crippen LogP contribution in [0.3, 0.4) is 0 Å². The third-order valence-electron chi connectivity index (χ3n) is 6.38. The molecule has 0 aliphatic carbocycles. The Bertz CT molecular complexity index is 1070. The van der Waals surface area contributed by atoms with Crippen molar-refractivity contribution in [3.8, 4) is 11.5 Å². The van der Waals surface area contributed by atoms with Crippen molar-refractivity contribution in [3.63, 3.8) is 0 Å². The van der Waals surface area contributed by atoms with Gasteiger partial charge in [-0.3, -0.25) is 9.59 Å². The largest absolute Gasteiger partial charge is 0.507 e. The number of methoxy groups -OCH3 is 1. The van der Waals surface area contributed by atoms with E-state index in [1.807, 2.05) is 32.0 Å². The second kappa shape index (κ2) is 11.9. The van der Waals surface area contributed by atoms with Crippen LogP contribution in [0.4, 0.5) is 0 Å². The van der Waals surface area contributed by atoms with Crippen molar-refractivity contribution in [1.29, 1.82) is 0 Å². The second-order valence-corrected chi connectivity index (χ2v) is 8.64. The predicted octanol–water partition coefficient (Wildman–Crippen LogP) is 4.56. The number of likely N-dealkylation sites (tertiary alicyclic amines) is 1. The van der Waals surface area contributed by atoms with E-state index in [0.29, 0.717) is 42.3 Å². The molecular weight excluding hydrogens is 444 g/mol. The van der Waals surface area contributed by atoms with Gasteiger partial charge >= 0.3 is 0 Å². The molecule has 2 aromatic carbocycles. The number of carbonyl (C=O) groups excluding carboxylic acids is 2. The predicted molar refractivity (Wildman–Crippen MR) is 137 cm³/mol. The highest BCUT2D eigenvalue weighted by Crippen LogP contribution is 2.42. The smallest absolute Gasteiger partial charge is 0.295 e. The number of aryl methyl sites for hydroxylation is 1. The number of carbonyl (C=O) groups is 2. The van der Waals surface area contributed by atoms with Gasteiger partial charge in [-0.05, 0) is 44.1 Å². The van der Waals surface area contributed by atoms with Gasteiger partial charge in [0, 0.05) is 18.7 Å². The molecule has 1 unspecified atom stereocenters. The first-order chi connectivity index (χ1) is 16.9. The summed E-state index contributed by atoms with van der Waals surface area (Å²) in [6.45, 7) is 11.3. The number of likely N-dealkylation sites (N-methyl/N-ethyl adjacent to an activating group) is 1. The Morgan fingerprint density at radius 2 is 1.71 bits per heavy atom. The van der Waals surface area contributed by atoms with Gasteiger partial charge in [0.15, 0.2) is 11.5 Å². The van der Waals surface area contributed by atoms with Crippen LogP contribution in [-0.2, 0) is 9.59 Å². The molecule has 0 aromatic heterocycles. The normalized spacial score (nSPS) is 17.3. The van der Waals surface area contributed by atoms with Gasteiger partial charge in [0.05, 0.1) is 25.3 Å². The summed E-state index contributed by atoms with van der Waals surface area (Å²) in [6, 6.07) is 11.9. The van der Waals surface area contributed by atoms with Crippen molar-refractivity contribution in [1.82, 2.24) is 9.80 Å². The fourth-order valence-corrected chi connectivity index (χ4v) is 4.30. The van der Waals surface area contributed by atoms with E-state index >= 15 is 0 Å². The summed E-state index contributed by atoms with van der Waals surface area (Å²) in [5, 5.41) is 11.2. The topological polar surface area (TPSA) is 79.3 Å². The molecular formula is C28H36N2O5. The summed E-state index contributed by atoms with van der Waals surface area (Å²) in [5.74, 6) is -0.361. The molecule has 0 spiro atoms. The summed E-state index contributed by atoms with van der Waals surface area (Å²) in [4.78, 5) is 30.2. The first-order valence-electron chi connectivity index (χ1n) is 12.2. The molecule has 7 nitrogen and oxygen atoms in total. The van der Waals surface area contributed by atoms with Crippen molar-refractivity contribution in [2.24, 2.45) is 0 Å². The van der Waals surface area contributed by atoms with Crippen molar-refractivity contribution in [2.45, 2.75) is 40.2 Å². The van der Waals surface area contributed by atoms with Crippen LogP contribution in [0.1, 0.15) is 49.9 Å². The number of ketones is 1. The maximum absolute atomic E-state index is 13.2. The summed E-state index contributed by atoms with van der Waals surface area (Å²) in [5.41, 5.74) is 2.29. The average molecular weight is 481 g/mol. The quantitative estimate of drug-likeness (QED) is 0.289. The van der Waals surface area contributed by atoms with Crippen LogP contribution in [0.2, 0.25) is 0 Å². The van der Waals surface area contributed by atoms with Crippen LogP contribution in [0.25, 0.3) is 5.76 Å². The van der Waals surface area contributed by atoms with Crippen LogP contribution in [-0.4, -0.2) is 66.5 Å². The molecule has 1 heterocycles. The van der Waals surface area contributed by atoms with Crippen molar-refractivity contribution in [2.75, 3.05) is 39.9 Å². The molecule has 1 atom stereocenters. The zero-order valence-electron chi connectivity index (χ0n) is 21.3. The van der Waals surface area contributed by atoms with Crippen LogP contribution < -0.4 is 9.47 Å². The third-order valence-corrected chi connectivity index (χ3v) is 6.38. The van der Waals surface area contributed by atoms with E-state index in [1.165, 1.54) is 0 Å². The van der Waals surface area contributed by atoms with Gasteiger partial charge in [0.1, 0.15) is 5.76 Å². The Kier molecular flexibility index (Phi) is 8.93. The van der Waals surface area contributed by atoms with Crippen LogP contribution in [0.15, 0.2) is 48.0 Å². The summed E-state index contributed by atoms with van der Waals surface area (Å²) in [6.07, 6.45) is 0.854. The van der Waals surface area contributed by atoms with Gasteiger partial charge in [0.25, 0.3) is 11.7 Å². The van der Waals surface area contributed by atoms with E-state index in [1.54, 1.807) is 36.3 Å². The molecule has 1 fully saturated rings. The number of rotatable bonds is 11. The van der Waals surface area contributed by atoms with Crippen molar-refractivity contribution in [3.05, 3.63) is 64.7 Å². The van der Waals surface area contributed by atoms with E-state index in [0.717, 1.165) is 25.1 Å². The lowest BCUT2D eigenvalue weighted by atomic mass is 9.94. The zero-order valence-corrected chi connectivity index (χ0v) is 21.3. The number of Topliss-reactive ketones (excluding diaryl/α,β-unsaturated/α-hetero) is 1. The molecule has 0 radical (unpaired) electrons. The molecule has 1 amide bonds. The van der Waals surface area contributed by atoms with Gasteiger partial charge in [-0.1, -0.05) is 56.7 Å². The number of hydrogen-bond donors (Lipinski definition) is 1. The van der Waals surface area contributed by atoms with E-state index in [2.05, 4.69) is 18.7 Å². The Morgan fingerprint density at radius 1 is 1.03 bits per heavy atom. The highest BCUT2D eigenvalue weighted by molar-refractivity contribution is 6.46. The minimum atomic E-state index is -0.735. The SMILES string of the molecule is CCCOc1ccc(C2/C(=C(/O)c3ccc(C)cc3)C(=O)C(=O)N2CCN(CC)CC)cc1OC. The molecule has 35 heavy (non-hydrogen) atoms. The Balaban J connectivity index is 2.12. The summed E-state index contributed by atoms with van der Waals surface area (Å²) < 4.78 is 11.3. The minimum absolute atomic E-state index is 0.0858. The zero-order chi connectivity index (χ0) is 25.5. The molecule has 188 valence electrons. The molecule has 1 aliphatic heterocycles. The van der Waals surface area contributed by atoms with E-state index < -0.39 is 17.7 Å². The number of hydrogen-bond acceptors (Lipinski definition) is 6. The lowest BCUT2D eigenvalue weighted by Gasteiger charge is -2.28. The summed E-state index contributed by atoms with van der Waals surface area (Å²) in [7, 11) is 1.56. The van der Waals surface area contributed by atoms with Crippen LogP contribution in [0, 0.1) is 6.92 Å². The third kappa shape index (κ3) is 5.68. The van der Waals surface area contributed by atoms with Gasteiger partial charge in [0.2, 0.25) is 0 Å². The number of aliphatic hydroxyl groups excluding tert-OH is 1. The average Bonchev–Trinajstić information content (AvgIpc) is 3.13. The molecule has 2 aromatic rings. The fourth-order valence-electron chi connectivity index (χ4n) is 4.30. The fraction of sp³-hybridized carbons (Fsp3) is 0.429. The van der Waals surface area contributed by atoms with Crippen molar-refractivity contribution >= 4 is 17.4 Å². The molecule has 1 N–H and O–H groups in total. The van der Waals surface area contributed by atoms with E-state index in [9.17, 15) is 14.7 Å². The lowest BCUT2D eigenvalue weighted by Crippen LogP contribution is -2.38. The number of aliphatic hydroxyl groups is 1. The minimum Gasteiger partial charge on any atom is -0.507 e. The van der Waals surface area contributed by atoms with Gasteiger partial charge < -0.3 is 24.4 Å². The Morgan fingerprint density at radius 3 is 2.31 bits per heavy atom. The lowest BCUT2D eigenvalue weighted by molar-refractivity contribution is -0.140.